The number of nitrogens with two attached hydrogens (primary N) is 1. The Bertz CT molecular complexity index is 448. The highest BCUT2D eigenvalue weighted by Crippen LogP contribution is 2.34. The standard InChI is InChI=1S/C15H23N3OS/c16-12-5-3-4-11(12)10-14(19)18-8-2-1-6-13(18)15-17-7-9-20-15/h7,9,11-13H,1-6,8,10,16H2/t11-,12+,13?/m0/s1. The zero-order valence-corrected chi connectivity index (χ0v) is 12.6. The van der Waals surface area contributed by atoms with Crippen molar-refractivity contribution >= 4 is 17.2 Å². The van der Waals surface area contributed by atoms with Gasteiger partial charge < -0.3 is 10.6 Å². The molecule has 1 saturated heterocycles. The lowest BCUT2D eigenvalue weighted by atomic mass is 9.96. The van der Waals surface area contributed by atoms with E-state index in [9.17, 15) is 4.79 Å². The SMILES string of the molecule is N[C@@H]1CCC[C@H]1CC(=O)N1CCCCC1c1nccs1. The maximum Gasteiger partial charge on any atom is 0.223 e. The summed E-state index contributed by atoms with van der Waals surface area (Å²) in [5.41, 5.74) is 6.11. The molecule has 1 saturated carbocycles. The second-order valence-corrected chi connectivity index (χ2v) is 6.95. The fourth-order valence-corrected chi connectivity index (χ4v) is 4.33. The molecule has 1 aromatic heterocycles. The lowest BCUT2D eigenvalue weighted by molar-refractivity contribution is -0.136. The van der Waals surface area contributed by atoms with E-state index in [2.05, 4.69) is 9.88 Å². The summed E-state index contributed by atoms with van der Waals surface area (Å²) >= 11 is 1.66. The molecule has 0 radical (unpaired) electrons. The first-order chi connectivity index (χ1) is 9.75. The molecular formula is C15H23N3OS. The fraction of sp³-hybridized carbons (Fsp3) is 0.733. The predicted octanol–water partition coefficient (Wildman–Crippen LogP) is 2.71. The summed E-state index contributed by atoms with van der Waals surface area (Å²) in [6, 6.07) is 0.427. The predicted molar refractivity (Wildman–Crippen MR) is 80.4 cm³/mol. The molecule has 1 unspecified atom stereocenters. The van der Waals surface area contributed by atoms with E-state index in [0.29, 0.717) is 12.3 Å². The number of amides is 1. The summed E-state index contributed by atoms with van der Waals surface area (Å²) in [5, 5.41) is 3.09. The highest BCUT2D eigenvalue weighted by atomic mass is 32.1. The van der Waals surface area contributed by atoms with E-state index in [1.807, 2.05) is 11.6 Å². The molecule has 3 atom stereocenters. The van der Waals surface area contributed by atoms with Crippen molar-refractivity contribution in [1.82, 2.24) is 9.88 Å². The number of carbonyl (C=O) groups is 1. The van der Waals surface area contributed by atoms with Gasteiger partial charge in [-0.25, -0.2) is 4.98 Å². The third-order valence-corrected chi connectivity index (χ3v) is 5.59. The number of likely N-dealkylation sites (tertiary alicyclic amines) is 1. The van der Waals surface area contributed by atoms with Gasteiger partial charge in [0.1, 0.15) is 5.01 Å². The minimum absolute atomic E-state index is 0.203. The summed E-state index contributed by atoms with van der Waals surface area (Å²) in [4.78, 5) is 19.1. The second-order valence-electron chi connectivity index (χ2n) is 6.03. The van der Waals surface area contributed by atoms with Crippen LogP contribution in [0.25, 0.3) is 0 Å². The molecule has 1 amide bonds. The molecule has 0 spiro atoms. The third-order valence-electron chi connectivity index (χ3n) is 4.71. The number of thiazole rings is 1. The van der Waals surface area contributed by atoms with Crippen LogP contribution >= 0.6 is 11.3 Å². The zero-order chi connectivity index (χ0) is 13.9. The Hall–Kier alpha value is -0.940. The Balaban J connectivity index is 1.68. The normalized spacial score (nSPS) is 30.6. The van der Waals surface area contributed by atoms with Crippen LogP contribution in [-0.4, -0.2) is 28.4 Å². The molecule has 4 nitrogen and oxygen atoms in total. The van der Waals surface area contributed by atoms with E-state index in [4.69, 9.17) is 5.73 Å². The number of aromatic nitrogens is 1. The molecule has 110 valence electrons. The van der Waals surface area contributed by atoms with Crippen molar-refractivity contribution in [3.63, 3.8) is 0 Å². The van der Waals surface area contributed by atoms with Crippen molar-refractivity contribution in [3.05, 3.63) is 16.6 Å². The molecule has 1 aliphatic heterocycles. The van der Waals surface area contributed by atoms with Crippen LogP contribution in [0.5, 0.6) is 0 Å². The molecule has 2 aliphatic rings. The molecule has 0 bridgehead atoms. The molecule has 2 heterocycles. The second kappa shape index (κ2) is 6.22. The van der Waals surface area contributed by atoms with E-state index < -0.39 is 0 Å². The lowest BCUT2D eigenvalue weighted by Crippen LogP contribution is -2.40. The van der Waals surface area contributed by atoms with Gasteiger partial charge in [-0.1, -0.05) is 6.42 Å². The number of rotatable bonds is 3. The van der Waals surface area contributed by atoms with Crippen LogP contribution in [-0.2, 0) is 4.79 Å². The molecule has 1 aromatic rings. The van der Waals surface area contributed by atoms with Crippen LogP contribution in [0.3, 0.4) is 0 Å². The maximum absolute atomic E-state index is 12.7. The molecule has 5 heteroatoms. The average molecular weight is 293 g/mol. The Morgan fingerprint density at radius 2 is 2.25 bits per heavy atom. The molecule has 20 heavy (non-hydrogen) atoms. The minimum atomic E-state index is 0.203. The number of piperidine rings is 1. The van der Waals surface area contributed by atoms with E-state index in [1.165, 1.54) is 12.8 Å². The Morgan fingerprint density at radius 1 is 1.35 bits per heavy atom. The minimum Gasteiger partial charge on any atom is -0.333 e. The van der Waals surface area contributed by atoms with Gasteiger partial charge in [-0.05, 0) is 38.0 Å². The summed E-state index contributed by atoms with van der Waals surface area (Å²) < 4.78 is 0. The largest absolute Gasteiger partial charge is 0.333 e. The van der Waals surface area contributed by atoms with Crippen LogP contribution in [0.4, 0.5) is 0 Å². The molecular weight excluding hydrogens is 270 g/mol. The van der Waals surface area contributed by atoms with Gasteiger partial charge in [0, 0.05) is 30.6 Å². The van der Waals surface area contributed by atoms with Crippen molar-refractivity contribution in [2.24, 2.45) is 11.7 Å². The number of nitrogens with zero attached hydrogens (tertiary/aromatic N) is 2. The molecule has 1 aliphatic carbocycles. The highest BCUT2D eigenvalue weighted by Gasteiger charge is 2.33. The van der Waals surface area contributed by atoms with E-state index >= 15 is 0 Å². The van der Waals surface area contributed by atoms with Gasteiger partial charge in [-0.2, -0.15) is 0 Å². The van der Waals surface area contributed by atoms with Gasteiger partial charge in [-0.3, -0.25) is 4.79 Å². The average Bonchev–Trinajstić information content (AvgIpc) is 3.11. The molecule has 2 N–H and O–H groups in total. The first-order valence-electron chi connectivity index (χ1n) is 7.70. The van der Waals surface area contributed by atoms with Crippen LogP contribution in [0.1, 0.15) is 56.0 Å². The van der Waals surface area contributed by atoms with E-state index in [-0.39, 0.29) is 18.0 Å². The smallest absolute Gasteiger partial charge is 0.223 e. The van der Waals surface area contributed by atoms with E-state index in [0.717, 1.165) is 37.2 Å². The van der Waals surface area contributed by atoms with Crippen LogP contribution < -0.4 is 5.73 Å². The number of hydrogen-bond donors (Lipinski definition) is 1. The molecule has 3 rings (SSSR count). The number of hydrogen-bond acceptors (Lipinski definition) is 4. The summed E-state index contributed by atoms with van der Waals surface area (Å²) in [6.07, 6.45) is 9.19. The lowest BCUT2D eigenvalue weighted by Gasteiger charge is -2.35. The molecule has 2 fully saturated rings. The van der Waals surface area contributed by atoms with Gasteiger partial charge in [0.05, 0.1) is 6.04 Å². The topological polar surface area (TPSA) is 59.2 Å². The summed E-state index contributed by atoms with van der Waals surface area (Å²) in [5.74, 6) is 0.675. The van der Waals surface area contributed by atoms with Gasteiger partial charge >= 0.3 is 0 Å². The zero-order valence-electron chi connectivity index (χ0n) is 11.8. The van der Waals surface area contributed by atoms with Crippen molar-refractivity contribution in [1.29, 1.82) is 0 Å². The summed E-state index contributed by atoms with van der Waals surface area (Å²) in [7, 11) is 0. The first-order valence-corrected chi connectivity index (χ1v) is 8.58. The molecule has 0 aromatic carbocycles. The van der Waals surface area contributed by atoms with Gasteiger partial charge in [0.2, 0.25) is 5.91 Å². The van der Waals surface area contributed by atoms with Crippen molar-refractivity contribution in [2.75, 3.05) is 6.54 Å². The van der Waals surface area contributed by atoms with Gasteiger partial charge in [0.15, 0.2) is 0 Å². The Morgan fingerprint density at radius 3 is 2.95 bits per heavy atom. The van der Waals surface area contributed by atoms with Crippen molar-refractivity contribution in [3.8, 4) is 0 Å². The van der Waals surface area contributed by atoms with Crippen LogP contribution in [0.2, 0.25) is 0 Å². The maximum atomic E-state index is 12.7. The summed E-state index contributed by atoms with van der Waals surface area (Å²) in [6.45, 7) is 0.880. The fourth-order valence-electron chi connectivity index (χ4n) is 3.55. The monoisotopic (exact) mass is 293 g/mol. The Labute approximate surface area is 124 Å². The van der Waals surface area contributed by atoms with Crippen molar-refractivity contribution in [2.45, 2.75) is 57.0 Å². The first kappa shape index (κ1) is 14.0. The van der Waals surface area contributed by atoms with Crippen molar-refractivity contribution < 1.29 is 4.79 Å². The van der Waals surface area contributed by atoms with Gasteiger partial charge in [-0.15, -0.1) is 11.3 Å². The number of carbonyl (C=O) groups excluding carboxylic acids is 1. The van der Waals surface area contributed by atoms with Crippen LogP contribution in [0.15, 0.2) is 11.6 Å². The third kappa shape index (κ3) is 2.88. The highest BCUT2D eigenvalue weighted by molar-refractivity contribution is 7.09. The van der Waals surface area contributed by atoms with Crippen LogP contribution in [0, 0.1) is 5.92 Å². The van der Waals surface area contributed by atoms with Gasteiger partial charge in [0.25, 0.3) is 0 Å². The Kier molecular flexibility index (Phi) is 4.36. The van der Waals surface area contributed by atoms with E-state index in [1.54, 1.807) is 11.3 Å². The quantitative estimate of drug-likeness (QED) is 0.932.